The van der Waals surface area contributed by atoms with E-state index in [0.717, 1.165) is 0 Å². The van der Waals surface area contributed by atoms with E-state index in [4.69, 9.17) is 0 Å². The van der Waals surface area contributed by atoms with Crippen LogP contribution in [0.5, 0.6) is 11.5 Å². The summed E-state index contributed by atoms with van der Waals surface area (Å²) in [5, 5.41) is 21.4. The molecule has 19 heavy (non-hydrogen) atoms. The first kappa shape index (κ1) is 13.8. The predicted molar refractivity (Wildman–Crippen MR) is 60.9 cm³/mol. The van der Waals surface area contributed by atoms with Crippen LogP contribution in [-0.4, -0.2) is 16.7 Å². The van der Waals surface area contributed by atoms with Crippen LogP contribution in [-0.2, 0) is 0 Å². The summed E-state index contributed by atoms with van der Waals surface area (Å²) >= 11 is 0. The minimum atomic E-state index is -0.513. The first-order chi connectivity index (χ1) is 8.61. The topological polar surface area (TPSA) is 77.4 Å². The van der Waals surface area contributed by atoms with Gasteiger partial charge in [0.05, 0.1) is 5.56 Å². The van der Waals surface area contributed by atoms with Gasteiger partial charge in [0.2, 0.25) is 0 Å². The molecule has 4 nitrogen and oxygen atoms in total. The minimum Gasteiger partial charge on any atom is -0.872 e. The molecule has 1 N–H and O–H groups in total. The van der Waals surface area contributed by atoms with Crippen molar-refractivity contribution in [3.05, 3.63) is 58.7 Å². The first-order valence-electron chi connectivity index (χ1n) is 5.32. The fourth-order valence-corrected chi connectivity index (χ4v) is 2.19. The molecular formula is C14H7NaO4. The fourth-order valence-electron chi connectivity index (χ4n) is 2.19. The largest absolute Gasteiger partial charge is 1.00 e. The van der Waals surface area contributed by atoms with E-state index in [0.29, 0.717) is 0 Å². The summed E-state index contributed by atoms with van der Waals surface area (Å²) in [6.45, 7) is 0. The SMILES string of the molecule is O=C1c2cccc(O)c2C(=O)c2cccc([O-])c21.[Na+]. The molecule has 0 saturated heterocycles. The Balaban J connectivity index is 0.00000133. The van der Waals surface area contributed by atoms with E-state index in [1.165, 1.54) is 36.4 Å². The fraction of sp³-hybridized carbons (Fsp3) is 0. The molecule has 0 heterocycles. The molecule has 0 fully saturated rings. The maximum absolute atomic E-state index is 12.2. The third-order valence-corrected chi connectivity index (χ3v) is 3.01. The van der Waals surface area contributed by atoms with Crippen LogP contribution in [0.25, 0.3) is 0 Å². The van der Waals surface area contributed by atoms with E-state index < -0.39 is 17.3 Å². The van der Waals surface area contributed by atoms with Crippen LogP contribution in [0.15, 0.2) is 36.4 Å². The molecular weight excluding hydrogens is 255 g/mol. The van der Waals surface area contributed by atoms with Crippen molar-refractivity contribution < 1.29 is 49.4 Å². The third kappa shape index (κ3) is 1.89. The van der Waals surface area contributed by atoms with Gasteiger partial charge in [0.15, 0.2) is 11.6 Å². The summed E-state index contributed by atoms with van der Waals surface area (Å²) in [7, 11) is 0. The van der Waals surface area contributed by atoms with Crippen LogP contribution in [0.3, 0.4) is 0 Å². The van der Waals surface area contributed by atoms with Crippen LogP contribution < -0.4 is 34.7 Å². The van der Waals surface area contributed by atoms with E-state index in [9.17, 15) is 19.8 Å². The van der Waals surface area contributed by atoms with Gasteiger partial charge in [-0.3, -0.25) is 9.59 Å². The number of hydrogen-bond donors (Lipinski definition) is 1. The van der Waals surface area contributed by atoms with Gasteiger partial charge in [-0.2, -0.15) is 0 Å². The number of ketones is 2. The number of hydrogen-bond acceptors (Lipinski definition) is 4. The average Bonchev–Trinajstić information content (AvgIpc) is 2.35. The van der Waals surface area contributed by atoms with E-state index in [-0.39, 0.29) is 57.6 Å². The Morgan fingerprint density at radius 1 is 0.842 bits per heavy atom. The normalized spacial score (nSPS) is 12.4. The van der Waals surface area contributed by atoms with Gasteiger partial charge >= 0.3 is 29.6 Å². The molecule has 1 aliphatic rings. The van der Waals surface area contributed by atoms with Crippen molar-refractivity contribution in [2.24, 2.45) is 0 Å². The predicted octanol–water partition coefficient (Wildman–Crippen LogP) is -1.75. The number of carbonyl (C=O) groups excluding carboxylic acids is 2. The molecule has 2 aromatic rings. The summed E-state index contributed by atoms with van der Waals surface area (Å²) in [6, 6.07) is 8.35. The number of fused-ring (bicyclic) bond motifs is 2. The van der Waals surface area contributed by atoms with Crippen LogP contribution >= 0.6 is 0 Å². The van der Waals surface area contributed by atoms with E-state index >= 15 is 0 Å². The number of aromatic hydroxyl groups is 1. The van der Waals surface area contributed by atoms with Crippen LogP contribution in [0.1, 0.15) is 31.8 Å². The Hall–Kier alpha value is -1.62. The molecule has 1 aliphatic carbocycles. The molecule has 0 aliphatic heterocycles. The smallest absolute Gasteiger partial charge is 0.872 e. The second-order valence-electron chi connectivity index (χ2n) is 4.04. The van der Waals surface area contributed by atoms with Gasteiger partial charge in [0.1, 0.15) is 5.75 Å². The van der Waals surface area contributed by atoms with Crippen LogP contribution in [0.4, 0.5) is 0 Å². The summed E-state index contributed by atoms with van der Waals surface area (Å²) in [5.41, 5.74) is -0.00139. The minimum absolute atomic E-state index is 0. The zero-order valence-electron chi connectivity index (χ0n) is 10.1. The van der Waals surface area contributed by atoms with Crippen molar-refractivity contribution >= 4 is 11.6 Å². The van der Waals surface area contributed by atoms with E-state index in [1.807, 2.05) is 0 Å². The monoisotopic (exact) mass is 262 g/mol. The number of phenolic OH excluding ortho intramolecular Hbond substituents is 1. The third-order valence-electron chi connectivity index (χ3n) is 3.01. The first-order valence-corrected chi connectivity index (χ1v) is 5.32. The van der Waals surface area contributed by atoms with Gasteiger partial charge < -0.3 is 10.2 Å². The number of phenols is 1. The molecule has 5 heteroatoms. The molecule has 0 saturated carbocycles. The summed E-state index contributed by atoms with van der Waals surface area (Å²) < 4.78 is 0. The van der Waals surface area contributed by atoms with Crippen molar-refractivity contribution in [2.45, 2.75) is 0 Å². The Morgan fingerprint density at radius 3 is 2.05 bits per heavy atom. The molecule has 0 amide bonds. The standard InChI is InChI=1S/C14H8O4.Na/c15-9-5-1-3-7-11(9)14(18)8-4-2-6-10(16)12(8)13(7)17;/h1-6,15-16H;/q;+1/p-1. The van der Waals surface area contributed by atoms with Crippen LogP contribution in [0, 0.1) is 0 Å². The van der Waals surface area contributed by atoms with Crippen LogP contribution in [0.2, 0.25) is 0 Å². The second-order valence-corrected chi connectivity index (χ2v) is 4.04. The Kier molecular flexibility index (Phi) is 3.49. The molecule has 2 aromatic carbocycles. The Bertz CT molecular complexity index is 645. The van der Waals surface area contributed by atoms with Gasteiger partial charge in [-0.05, 0) is 6.07 Å². The number of benzene rings is 2. The van der Waals surface area contributed by atoms with Gasteiger partial charge in [0.25, 0.3) is 0 Å². The van der Waals surface area contributed by atoms with E-state index in [2.05, 4.69) is 0 Å². The van der Waals surface area contributed by atoms with E-state index in [1.54, 1.807) is 0 Å². The second kappa shape index (κ2) is 4.81. The molecule has 0 atom stereocenters. The Labute approximate surface area is 131 Å². The number of rotatable bonds is 0. The molecule has 0 unspecified atom stereocenters. The van der Waals surface area contributed by atoms with Crippen molar-refractivity contribution in [3.63, 3.8) is 0 Å². The molecule has 0 radical (unpaired) electrons. The summed E-state index contributed by atoms with van der Waals surface area (Å²) in [5.74, 6) is -1.72. The average molecular weight is 262 g/mol. The van der Waals surface area contributed by atoms with Gasteiger partial charge in [-0.1, -0.05) is 36.1 Å². The summed E-state index contributed by atoms with van der Waals surface area (Å²) in [6.07, 6.45) is 0. The van der Waals surface area contributed by atoms with Gasteiger partial charge in [-0.25, -0.2) is 0 Å². The van der Waals surface area contributed by atoms with Gasteiger partial charge in [-0.15, -0.1) is 0 Å². The molecule has 0 spiro atoms. The molecule has 0 aromatic heterocycles. The zero-order valence-corrected chi connectivity index (χ0v) is 12.1. The van der Waals surface area contributed by atoms with Crippen molar-refractivity contribution in [1.82, 2.24) is 0 Å². The Morgan fingerprint density at radius 2 is 1.37 bits per heavy atom. The van der Waals surface area contributed by atoms with Crippen molar-refractivity contribution in [1.29, 1.82) is 0 Å². The molecule has 88 valence electrons. The number of carbonyl (C=O) groups is 2. The zero-order chi connectivity index (χ0) is 12.9. The maximum atomic E-state index is 12.2. The molecule has 3 rings (SSSR count). The molecule has 0 bridgehead atoms. The maximum Gasteiger partial charge on any atom is 1.00 e. The quantitative estimate of drug-likeness (QED) is 0.487. The summed E-state index contributed by atoms with van der Waals surface area (Å²) in [4.78, 5) is 24.3. The van der Waals surface area contributed by atoms with Crippen molar-refractivity contribution in [3.8, 4) is 11.5 Å². The van der Waals surface area contributed by atoms with Crippen molar-refractivity contribution in [2.75, 3.05) is 0 Å². The van der Waals surface area contributed by atoms with Gasteiger partial charge in [0, 0.05) is 16.7 Å².